The fraction of sp³-hybridized carbons (Fsp3) is 0.292. The molecule has 7 heteroatoms. The van der Waals surface area contributed by atoms with Crippen molar-refractivity contribution in [1.82, 2.24) is 15.5 Å². The number of furan rings is 1. The zero-order chi connectivity index (χ0) is 21.5. The Balaban J connectivity index is 1.32. The van der Waals surface area contributed by atoms with Gasteiger partial charge in [-0.25, -0.2) is 9.18 Å². The topological polar surface area (TPSA) is 60.8 Å². The van der Waals surface area contributed by atoms with Gasteiger partial charge in [0.2, 0.25) is 0 Å². The van der Waals surface area contributed by atoms with Crippen molar-refractivity contribution in [2.24, 2.45) is 0 Å². The average molecular weight is 423 g/mol. The highest BCUT2D eigenvalue weighted by atomic mass is 19.1. The van der Waals surface area contributed by atoms with E-state index in [0.29, 0.717) is 13.1 Å². The van der Waals surface area contributed by atoms with Gasteiger partial charge in [-0.05, 0) is 42.0 Å². The van der Waals surface area contributed by atoms with Crippen molar-refractivity contribution in [2.45, 2.75) is 12.6 Å². The zero-order valence-corrected chi connectivity index (χ0v) is 17.3. The first-order chi connectivity index (χ1) is 15.2. The van der Waals surface area contributed by atoms with Crippen LogP contribution >= 0.6 is 0 Å². The summed E-state index contributed by atoms with van der Waals surface area (Å²) in [6.07, 6.45) is 1.66. The maximum Gasteiger partial charge on any atom is 0.315 e. The van der Waals surface area contributed by atoms with Gasteiger partial charge in [0.1, 0.15) is 11.6 Å². The third kappa shape index (κ3) is 5.64. The highest BCUT2D eigenvalue weighted by Crippen LogP contribution is 2.24. The molecule has 1 aromatic heterocycles. The lowest BCUT2D eigenvalue weighted by molar-refractivity contribution is 0.161. The lowest BCUT2D eigenvalue weighted by atomic mass is 10.1. The molecule has 0 bridgehead atoms. The number of anilines is 1. The minimum Gasteiger partial charge on any atom is -0.468 e. The van der Waals surface area contributed by atoms with Crippen LogP contribution in [-0.2, 0) is 6.54 Å². The molecule has 1 unspecified atom stereocenters. The maximum atomic E-state index is 13.2. The van der Waals surface area contributed by atoms with Crippen LogP contribution in [0.5, 0.6) is 0 Å². The Morgan fingerprint density at radius 2 is 1.68 bits per heavy atom. The summed E-state index contributed by atoms with van der Waals surface area (Å²) in [5.74, 6) is 0.607. The average Bonchev–Trinajstić information content (AvgIpc) is 3.34. The van der Waals surface area contributed by atoms with Crippen LogP contribution in [0.15, 0.2) is 77.4 Å². The molecular weight excluding hydrogens is 395 g/mol. The summed E-state index contributed by atoms with van der Waals surface area (Å²) in [6.45, 7) is 4.21. The second-order valence-corrected chi connectivity index (χ2v) is 7.58. The van der Waals surface area contributed by atoms with E-state index in [4.69, 9.17) is 4.42 Å². The van der Waals surface area contributed by atoms with E-state index in [-0.39, 0.29) is 17.9 Å². The summed E-state index contributed by atoms with van der Waals surface area (Å²) in [7, 11) is 0. The van der Waals surface area contributed by atoms with Gasteiger partial charge < -0.3 is 20.0 Å². The number of nitrogens with zero attached hydrogens (tertiary/aromatic N) is 2. The molecule has 4 rings (SSSR count). The standard InChI is InChI=1S/C24H27FN4O2/c25-20-8-10-21(11-9-20)28-12-14-29(15-13-28)22(23-7-4-16-31-23)18-27-24(30)26-17-19-5-2-1-3-6-19/h1-11,16,22H,12-15,17-18H2,(H2,26,27,30). The molecule has 1 aliphatic heterocycles. The van der Waals surface area contributed by atoms with Crippen LogP contribution in [-0.4, -0.2) is 43.7 Å². The summed E-state index contributed by atoms with van der Waals surface area (Å²) in [5.41, 5.74) is 2.08. The number of amides is 2. The summed E-state index contributed by atoms with van der Waals surface area (Å²) in [4.78, 5) is 16.9. The number of halogens is 1. The number of benzene rings is 2. The lowest BCUT2D eigenvalue weighted by Crippen LogP contribution is -2.50. The smallest absolute Gasteiger partial charge is 0.315 e. The molecule has 2 N–H and O–H groups in total. The second-order valence-electron chi connectivity index (χ2n) is 7.58. The molecule has 0 radical (unpaired) electrons. The van der Waals surface area contributed by atoms with Gasteiger partial charge in [-0.15, -0.1) is 0 Å². The van der Waals surface area contributed by atoms with E-state index in [1.807, 2.05) is 54.6 Å². The second kappa shape index (κ2) is 10.1. The SMILES string of the molecule is O=C(NCc1ccccc1)NCC(c1ccco1)N1CCN(c2ccc(F)cc2)CC1. The molecule has 6 nitrogen and oxygen atoms in total. The number of rotatable bonds is 7. The van der Waals surface area contributed by atoms with Crippen LogP contribution in [0.3, 0.4) is 0 Å². The Kier molecular flexibility index (Phi) is 6.84. The Bertz CT molecular complexity index is 939. The molecule has 2 aromatic carbocycles. The van der Waals surface area contributed by atoms with Gasteiger partial charge in [-0.3, -0.25) is 4.90 Å². The first-order valence-corrected chi connectivity index (χ1v) is 10.5. The monoisotopic (exact) mass is 422 g/mol. The normalized spacial score (nSPS) is 15.5. The predicted molar refractivity (Wildman–Crippen MR) is 118 cm³/mol. The Labute approximate surface area is 181 Å². The Hall–Kier alpha value is -3.32. The minimum atomic E-state index is -0.225. The van der Waals surface area contributed by atoms with E-state index in [1.54, 1.807) is 6.26 Å². The van der Waals surface area contributed by atoms with Crippen LogP contribution in [0.1, 0.15) is 17.4 Å². The molecule has 1 saturated heterocycles. The van der Waals surface area contributed by atoms with Crippen molar-refractivity contribution in [3.63, 3.8) is 0 Å². The highest BCUT2D eigenvalue weighted by Gasteiger charge is 2.27. The lowest BCUT2D eigenvalue weighted by Gasteiger charge is -2.39. The van der Waals surface area contributed by atoms with Crippen molar-refractivity contribution in [1.29, 1.82) is 0 Å². The third-order valence-corrected chi connectivity index (χ3v) is 5.57. The van der Waals surface area contributed by atoms with Crippen molar-refractivity contribution >= 4 is 11.7 Å². The van der Waals surface area contributed by atoms with Crippen molar-refractivity contribution in [2.75, 3.05) is 37.6 Å². The molecule has 1 fully saturated rings. The molecule has 0 spiro atoms. The molecule has 162 valence electrons. The first kappa shape index (κ1) is 20.9. The Morgan fingerprint density at radius 3 is 2.35 bits per heavy atom. The van der Waals surface area contributed by atoms with Crippen LogP contribution < -0.4 is 15.5 Å². The zero-order valence-electron chi connectivity index (χ0n) is 17.3. The van der Waals surface area contributed by atoms with Gasteiger partial charge in [-0.2, -0.15) is 0 Å². The van der Waals surface area contributed by atoms with Gasteiger partial charge in [-0.1, -0.05) is 30.3 Å². The van der Waals surface area contributed by atoms with Crippen LogP contribution in [0.25, 0.3) is 0 Å². The first-order valence-electron chi connectivity index (χ1n) is 10.5. The number of carbonyl (C=O) groups is 1. The fourth-order valence-corrected chi connectivity index (χ4v) is 3.86. The molecule has 3 aromatic rings. The van der Waals surface area contributed by atoms with Crippen molar-refractivity contribution < 1.29 is 13.6 Å². The summed E-state index contributed by atoms with van der Waals surface area (Å²) in [6, 6.07) is 20.0. The number of urea groups is 1. The van der Waals surface area contributed by atoms with Crippen molar-refractivity contribution in [3.8, 4) is 0 Å². The number of carbonyl (C=O) groups excluding carboxylic acids is 1. The number of piperazine rings is 1. The number of nitrogens with one attached hydrogen (secondary N) is 2. The number of hydrogen-bond acceptors (Lipinski definition) is 4. The molecule has 1 aliphatic rings. The summed E-state index contributed by atoms with van der Waals surface area (Å²) in [5, 5.41) is 5.88. The van der Waals surface area contributed by atoms with Crippen LogP contribution in [0.2, 0.25) is 0 Å². The third-order valence-electron chi connectivity index (χ3n) is 5.57. The largest absolute Gasteiger partial charge is 0.468 e. The van der Waals surface area contributed by atoms with Gasteiger partial charge in [0.05, 0.1) is 12.3 Å². The van der Waals surface area contributed by atoms with E-state index in [1.165, 1.54) is 12.1 Å². The highest BCUT2D eigenvalue weighted by molar-refractivity contribution is 5.73. The minimum absolute atomic E-state index is 0.0483. The van der Waals surface area contributed by atoms with E-state index < -0.39 is 0 Å². The molecule has 1 atom stereocenters. The molecule has 2 amide bonds. The fourth-order valence-electron chi connectivity index (χ4n) is 3.86. The maximum absolute atomic E-state index is 13.2. The number of hydrogen-bond donors (Lipinski definition) is 2. The van der Waals surface area contributed by atoms with Crippen LogP contribution in [0, 0.1) is 5.82 Å². The van der Waals surface area contributed by atoms with Crippen LogP contribution in [0.4, 0.5) is 14.9 Å². The van der Waals surface area contributed by atoms with Gasteiger partial charge in [0, 0.05) is 45.0 Å². The summed E-state index contributed by atoms with van der Waals surface area (Å²) < 4.78 is 18.9. The molecule has 2 heterocycles. The Morgan fingerprint density at radius 1 is 0.935 bits per heavy atom. The van der Waals surface area contributed by atoms with E-state index in [0.717, 1.165) is 43.2 Å². The molecule has 31 heavy (non-hydrogen) atoms. The van der Waals surface area contributed by atoms with E-state index >= 15 is 0 Å². The molecule has 0 saturated carbocycles. The van der Waals surface area contributed by atoms with Gasteiger partial charge >= 0.3 is 6.03 Å². The quantitative estimate of drug-likeness (QED) is 0.608. The van der Waals surface area contributed by atoms with Gasteiger partial charge in [0.15, 0.2) is 0 Å². The molecule has 0 aliphatic carbocycles. The van der Waals surface area contributed by atoms with Gasteiger partial charge in [0.25, 0.3) is 0 Å². The predicted octanol–water partition coefficient (Wildman–Crippen LogP) is 3.78. The van der Waals surface area contributed by atoms with E-state index in [9.17, 15) is 9.18 Å². The summed E-state index contributed by atoms with van der Waals surface area (Å²) >= 11 is 0. The van der Waals surface area contributed by atoms with Crippen molar-refractivity contribution in [3.05, 3.63) is 90.1 Å². The van der Waals surface area contributed by atoms with E-state index in [2.05, 4.69) is 20.4 Å². The molecular formula is C24H27FN4O2.